The lowest BCUT2D eigenvalue weighted by atomic mass is 10.0. The number of likely N-dealkylation sites (tertiary alicyclic amines) is 1. The van der Waals surface area contributed by atoms with Crippen molar-refractivity contribution in [2.75, 3.05) is 31.5 Å². The van der Waals surface area contributed by atoms with Crippen LogP contribution in [0.25, 0.3) is 0 Å². The number of nitrogens with one attached hydrogen (secondary N) is 2. The largest absolute Gasteiger partial charge is 0.362 e. The van der Waals surface area contributed by atoms with E-state index in [4.69, 9.17) is 12.2 Å². The van der Waals surface area contributed by atoms with E-state index in [0.717, 1.165) is 29.7 Å². The minimum atomic E-state index is 0.721. The Labute approximate surface area is 140 Å². The first kappa shape index (κ1) is 17.2. The lowest BCUT2D eigenvalue weighted by Gasteiger charge is -2.30. The molecule has 1 aliphatic rings. The van der Waals surface area contributed by atoms with Crippen molar-refractivity contribution in [3.8, 4) is 0 Å². The van der Waals surface area contributed by atoms with Crippen LogP contribution in [0.2, 0.25) is 0 Å². The smallest absolute Gasteiger partial charge is 0.170 e. The Morgan fingerprint density at radius 2 is 2.18 bits per heavy atom. The summed E-state index contributed by atoms with van der Waals surface area (Å²) in [5.74, 6) is 0.856. The predicted octanol–water partition coefficient (Wildman–Crippen LogP) is 3.71. The first-order valence-corrected chi connectivity index (χ1v) is 8.80. The molecule has 2 rings (SSSR count). The standard InChI is InChI=1S/C18H29N3S/c1-14-7-8-17(16(3)12-14)20-18(22)19-9-5-11-21-10-4-6-15(2)13-21/h7-8,12,15H,4-6,9-11,13H2,1-3H3,(H2,19,20,22)/t15-/m1/s1. The number of hydrogen-bond acceptors (Lipinski definition) is 2. The molecule has 0 radical (unpaired) electrons. The Kier molecular flexibility index (Phi) is 6.65. The van der Waals surface area contributed by atoms with Gasteiger partial charge in [-0.25, -0.2) is 0 Å². The fourth-order valence-corrected chi connectivity index (χ4v) is 3.33. The summed E-state index contributed by atoms with van der Waals surface area (Å²) >= 11 is 5.38. The van der Waals surface area contributed by atoms with E-state index in [9.17, 15) is 0 Å². The summed E-state index contributed by atoms with van der Waals surface area (Å²) in [4.78, 5) is 2.58. The van der Waals surface area contributed by atoms with E-state index in [1.807, 2.05) is 0 Å². The van der Waals surface area contributed by atoms with Gasteiger partial charge >= 0.3 is 0 Å². The number of thiocarbonyl (C=S) groups is 1. The van der Waals surface area contributed by atoms with E-state index >= 15 is 0 Å². The van der Waals surface area contributed by atoms with Crippen LogP contribution >= 0.6 is 12.2 Å². The number of hydrogen-bond donors (Lipinski definition) is 2. The molecular formula is C18H29N3S. The highest BCUT2D eigenvalue weighted by Crippen LogP contribution is 2.16. The van der Waals surface area contributed by atoms with Crippen LogP contribution in [0.4, 0.5) is 5.69 Å². The molecule has 0 saturated carbocycles. The molecule has 0 spiro atoms. The molecule has 22 heavy (non-hydrogen) atoms. The lowest BCUT2D eigenvalue weighted by Crippen LogP contribution is -2.37. The van der Waals surface area contributed by atoms with Gasteiger partial charge in [0.25, 0.3) is 0 Å². The van der Waals surface area contributed by atoms with Gasteiger partial charge in [0.05, 0.1) is 0 Å². The van der Waals surface area contributed by atoms with Crippen LogP contribution in [-0.2, 0) is 0 Å². The lowest BCUT2D eigenvalue weighted by molar-refractivity contribution is 0.182. The highest BCUT2D eigenvalue weighted by molar-refractivity contribution is 7.80. The van der Waals surface area contributed by atoms with Crippen molar-refractivity contribution in [1.82, 2.24) is 10.2 Å². The fourth-order valence-electron chi connectivity index (χ4n) is 3.11. The summed E-state index contributed by atoms with van der Waals surface area (Å²) in [5, 5.41) is 7.33. The summed E-state index contributed by atoms with van der Waals surface area (Å²) in [7, 11) is 0. The Bertz CT molecular complexity index is 501. The monoisotopic (exact) mass is 319 g/mol. The van der Waals surface area contributed by atoms with Gasteiger partial charge in [-0.15, -0.1) is 0 Å². The van der Waals surface area contributed by atoms with Crippen molar-refractivity contribution in [2.45, 2.75) is 40.0 Å². The van der Waals surface area contributed by atoms with Crippen LogP contribution in [0.3, 0.4) is 0 Å². The van der Waals surface area contributed by atoms with Crippen LogP contribution < -0.4 is 10.6 Å². The highest BCUT2D eigenvalue weighted by atomic mass is 32.1. The molecule has 1 atom stereocenters. The van der Waals surface area contributed by atoms with Gasteiger partial charge in [-0.3, -0.25) is 0 Å². The molecule has 3 nitrogen and oxygen atoms in total. The number of anilines is 1. The minimum Gasteiger partial charge on any atom is -0.362 e. The number of aryl methyl sites for hydroxylation is 2. The third-order valence-electron chi connectivity index (χ3n) is 4.31. The summed E-state index contributed by atoms with van der Waals surface area (Å²) in [6.07, 6.45) is 3.88. The molecule has 0 amide bonds. The highest BCUT2D eigenvalue weighted by Gasteiger charge is 2.15. The van der Waals surface area contributed by atoms with Gasteiger partial charge in [0, 0.05) is 18.8 Å². The van der Waals surface area contributed by atoms with Crippen molar-refractivity contribution in [3.05, 3.63) is 29.3 Å². The average molecular weight is 320 g/mol. The maximum Gasteiger partial charge on any atom is 0.170 e. The minimum absolute atomic E-state index is 0.721. The van der Waals surface area contributed by atoms with Crippen molar-refractivity contribution < 1.29 is 0 Å². The summed E-state index contributed by atoms with van der Waals surface area (Å²) in [6, 6.07) is 6.37. The molecule has 1 aromatic carbocycles. The van der Waals surface area contributed by atoms with Crippen molar-refractivity contribution >= 4 is 23.0 Å². The van der Waals surface area contributed by atoms with Gasteiger partial charge < -0.3 is 15.5 Å². The SMILES string of the molecule is Cc1ccc(NC(=S)NCCCN2CCC[C@@H](C)C2)c(C)c1. The fraction of sp³-hybridized carbons (Fsp3) is 0.611. The second kappa shape index (κ2) is 8.49. The zero-order chi connectivity index (χ0) is 15.9. The average Bonchev–Trinajstić information content (AvgIpc) is 2.47. The summed E-state index contributed by atoms with van der Waals surface area (Å²) < 4.78 is 0. The van der Waals surface area contributed by atoms with E-state index in [2.05, 4.69) is 54.5 Å². The first-order valence-electron chi connectivity index (χ1n) is 8.39. The Morgan fingerprint density at radius 1 is 1.36 bits per heavy atom. The molecule has 1 saturated heterocycles. The molecule has 1 aromatic rings. The summed E-state index contributed by atoms with van der Waals surface area (Å²) in [6.45, 7) is 11.2. The van der Waals surface area contributed by atoms with E-state index < -0.39 is 0 Å². The first-order chi connectivity index (χ1) is 10.5. The molecule has 1 fully saturated rings. The molecule has 1 aliphatic heterocycles. The van der Waals surface area contributed by atoms with E-state index in [1.165, 1.54) is 43.6 Å². The molecule has 1 heterocycles. The van der Waals surface area contributed by atoms with Crippen molar-refractivity contribution in [2.24, 2.45) is 5.92 Å². The van der Waals surface area contributed by atoms with Crippen LogP contribution in [0.15, 0.2) is 18.2 Å². The Hall–Kier alpha value is -1.13. The normalized spacial score (nSPS) is 19.0. The zero-order valence-corrected chi connectivity index (χ0v) is 14.9. The van der Waals surface area contributed by atoms with E-state index in [1.54, 1.807) is 0 Å². The molecule has 0 aromatic heterocycles. The van der Waals surface area contributed by atoms with Crippen LogP contribution in [-0.4, -0.2) is 36.2 Å². The van der Waals surface area contributed by atoms with Gasteiger partial charge in [0.2, 0.25) is 0 Å². The number of nitrogens with zero attached hydrogens (tertiary/aromatic N) is 1. The maximum absolute atomic E-state index is 5.38. The van der Waals surface area contributed by atoms with Crippen LogP contribution in [0.5, 0.6) is 0 Å². The Morgan fingerprint density at radius 3 is 2.91 bits per heavy atom. The second-order valence-electron chi connectivity index (χ2n) is 6.60. The third-order valence-corrected chi connectivity index (χ3v) is 4.55. The summed E-state index contributed by atoms with van der Waals surface area (Å²) in [5.41, 5.74) is 3.59. The molecule has 0 bridgehead atoms. The maximum atomic E-state index is 5.38. The van der Waals surface area contributed by atoms with Crippen LogP contribution in [0, 0.1) is 19.8 Å². The van der Waals surface area contributed by atoms with Crippen LogP contribution in [0.1, 0.15) is 37.3 Å². The van der Waals surface area contributed by atoms with Gasteiger partial charge in [-0.2, -0.15) is 0 Å². The van der Waals surface area contributed by atoms with E-state index in [0.29, 0.717) is 0 Å². The van der Waals surface area contributed by atoms with Gasteiger partial charge in [0.15, 0.2) is 5.11 Å². The molecule has 2 N–H and O–H groups in total. The zero-order valence-electron chi connectivity index (χ0n) is 14.1. The molecular weight excluding hydrogens is 290 g/mol. The molecule has 0 unspecified atom stereocenters. The second-order valence-corrected chi connectivity index (χ2v) is 7.01. The topological polar surface area (TPSA) is 27.3 Å². The van der Waals surface area contributed by atoms with Gasteiger partial charge in [-0.1, -0.05) is 24.6 Å². The third kappa shape index (κ3) is 5.58. The number of rotatable bonds is 5. The molecule has 4 heteroatoms. The molecule has 122 valence electrons. The van der Waals surface area contributed by atoms with Gasteiger partial charge in [0.1, 0.15) is 0 Å². The quantitative estimate of drug-likeness (QED) is 0.639. The number of benzene rings is 1. The molecule has 0 aliphatic carbocycles. The Balaban J connectivity index is 1.65. The number of piperidine rings is 1. The van der Waals surface area contributed by atoms with E-state index in [-0.39, 0.29) is 0 Å². The van der Waals surface area contributed by atoms with Crippen molar-refractivity contribution in [1.29, 1.82) is 0 Å². The van der Waals surface area contributed by atoms with Gasteiger partial charge in [-0.05, 0) is 76.0 Å². The predicted molar refractivity (Wildman–Crippen MR) is 99.6 cm³/mol. The van der Waals surface area contributed by atoms with Crippen molar-refractivity contribution in [3.63, 3.8) is 0 Å².